The van der Waals surface area contributed by atoms with Crippen LogP contribution in [0.25, 0.3) is 0 Å². The Bertz CT molecular complexity index is 447. The lowest BCUT2D eigenvalue weighted by Crippen LogP contribution is -2.42. The monoisotopic (exact) mass is 296 g/mol. The molecule has 6 heteroatoms. The van der Waals surface area contributed by atoms with Gasteiger partial charge in [-0.2, -0.15) is 0 Å². The first-order chi connectivity index (χ1) is 10.2. The van der Waals surface area contributed by atoms with Gasteiger partial charge < -0.3 is 20.5 Å². The topological polar surface area (TPSA) is 70.6 Å². The molecule has 0 radical (unpaired) electrons. The molecule has 116 valence electrons. The van der Waals surface area contributed by atoms with E-state index in [0.717, 1.165) is 18.4 Å². The fourth-order valence-corrected chi connectivity index (χ4v) is 2.40. The van der Waals surface area contributed by atoms with Gasteiger partial charge in [-0.25, -0.2) is 9.18 Å². The SMILES string of the molecule is O=C(NCCCO)N[C@H](c1ccc(F)cc1)[C@H]1CCCO1. The largest absolute Gasteiger partial charge is 0.396 e. The van der Waals surface area contributed by atoms with Crippen molar-refractivity contribution in [2.45, 2.75) is 31.4 Å². The number of carbonyl (C=O) groups is 1. The summed E-state index contributed by atoms with van der Waals surface area (Å²) in [6, 6.07) is 5.46. The van der Waals surface area contributed by atoms with Gasteiger partial charge in [0.25, 0.3) is 0 Å². The average molecular weight is 296 g/mol. The van der Waals surface area contributed by atoms with Crippen molar-refractivity contribution in [3.8, 4) is 0 Å². The minimum atomic E-state index is -0.312. The molecule has 5 nitrogen and oxygen atoms in total. The van der Waals surface area contributed by atoms with E-state index >= 15 is 0 Å². The van der Waals surface area contributed by atoms with Gasteiger partial charge in [-0.1, -0.05) is 12.1 Å². The third-order valence-corrected chi connectivity index (χ3v) is 3.47. The second kappa shape index (κ2) is 7.95. The molecule has 1 heterocycles. The van der Waals surface area contributed by atoms with Gasteiger partial charge in [-0.15, -0.1) is 0 Å². The van der Waals surface area contributed by atoms with Crippen molar-refractivity contribution in [2.24, 2.45) is 0 Å². The van der Waals surface area contributed by atoms with Crippen LogP contribution in [-0.2, 0) is 4.74 Å². The van der Waals surface area contributed by atoms with Crippen LogP contribution in [0.1, 0.15) is 30.9 Å². The number of urea groups is 1. The van der Waals surface area contributed by atoms with Crippen molar-refractivity contribution < 1.29 is 19.0 Å². The molecule has 1 aromatic carbocycles. The predicted octanol–water partition coefficient (Wildman–Crippen LogP) is 1.73. The van der Waals surface area contributed by atoms with Gasteiger partial charge in [-0.05, 0) is 37.0 Å². The number of aliphatic hydroxyl groups is 1. The van der Waals surface area contributed by atoms with Crippen LogP contribution >= 0.6 is 0 Å². The molecule has 2 rings (SSSR count). The molecule has 21 heavy (non-hydrogen) atoms. The quantitative estimate of drug-likeness (QED) is 0.700. The number of hydrogen-bond donors (Lipinski definition) is 3. The molecule has 0 aliphatic carbocycles. The van der Waals surface area contributed by atoms with Crippen LogP contribution in [0.4, 0.5) is 9.18 Å². The van der Waals surface area contributed by atoms with E-state index in [1.807, 2.05) is 0 Å². The Hall–Kier alpha value is -1.66. The fourth-order valence-electron chi connectivity index (χ4n) is 2.40. The van der Waals surface area contributed by atoms with Gasteiger partial charge >= 0.3 is 6.03 Å². The number of rotatable bonds is 6. The minimum Gasteiger partial charge on any atom is -0.396 e. The van der Waals surface area contributed by atoms with Crippen molar-refractivity contribution in [3.05, 3.63) is 35.6 Å². The van der Waals surface area contributed by atoms with Gasteiger partial charge in [0.05, 0.1) is 12.1 Å². The number of amides is 2. The van der Waals surface area contributed by atoms with Crippen LogP contribution in [0.3, 0.4) is 0 Å². The molecule has 1 aliphatic heterocycles. The summed E-state index contributed by atoms with van der Waals surface area (Å²) in [6.45, 7) is 1.12. The summed E-state index contributed by atoms with van der Waals surface area (Å²) < 4.78 is 18.7. The van der Waals surface area contributed by atoms with Gasteiger partial charge in [0.15, 0.2) is 0 Å². The summed E-state index contributed by atoms with van der Waals surface area (Å²) in [6.07, 6.45) is 2.23. The lowest BCUT2D eigenvalue weighted by atomic mass is 9.99. The Balaban J connectivity index is 2.01. The van der Waals surface area contributed by atoms with Gasteiger partial charge in [-0.3, -0.25) is 0 Å². The van der Waals surface area contributed by atoms with Crippen molar-refractivity contribution >= 4 is 6.03 Å². The zero-order chi connectivity index (χ0) is 15.1. The second-order valence-electron chi connectivity index (χ2n) is 5.06. The van der Waals surface area contributed by atoms with E-state index in [9.17, 15) is 9.18 Å². The molecule has 1 aliphatic rings. The zero-order valence-corrected chi connectivity index (χ0v) is 11.8. The molecule has 3 N–H and O–H groups in total. The first-order valence-electron chi connectivity index (χ1n) is 7.23. The van der Waals surface area contributed by atoms with Crippen molar-refractivity contribution in [1.29, 1.82) is 0 Å². The number of carbonyl (C=O) groups excluding carboxylic acids is 1. The molecule has 2 amide bonds. The molecule has 0 unspecified atom stereocenters. The first-order valence-corrected chi connectivity index (χ1v) is 7.23. The lowest BCUT2D eigenvalue weighted by Gasteiger charge is -2.25. The summed E-state index contributed by atoms with van der Waals surface area (Å²) in [7, 11) is 0. The smallest absolute Gasteiger partial charge is 0.315 e. The fraction of sp³-hybridized carbons (Fsp3) is 0.533. The molecular formula is C15H21FN2O3. The van der Waals surface area contributed by atoms with Crippen LogP contribution in [-0.4, -0.2) is 37.0 Å². The van der Waals surface area contributed by atoms with E-state index < -0.39 is 0 Å². The summed E-state index contributed by atoms with van der Waals surface area (Å²) in [5, 5.41) is 14.3. The number of ether oxygens (including phenoxy) is 1. The number of benzene rings is 1. The maximum Gasteiger partial charge on any atom is 0.315 e. The molecule has 1 aromatic rings. The molecule has 0 spiro atoms. The highest BCUT2D eigenvalue weighted by molar-refractivity contribution is 5.74. The highest BCUT2D eigenvalue weighted by Gasteiger charge is 2.28. The van der Waals surface area contributed by atoms with E-state index in [1.165, 1.54) is 12.1 Å². The first kappa shape index (κ1) is 15.7. The van der Waals surface area contributed by atoms with E-state index in [1.54, 1.807) is 12.1 Å². The van der Waals surface area contributed by atoms with Crippen LogP contribution in [0.5, 0.6) is 0 Å². The Morgan fingerprint density at radius 1 is 1.43 bits per heavy atom. The summed E-state index contributed by atoms with van der Waals surface area (Å²) >= 11 is 0. The van der Waals surface area contributed by atoms with Gasteiger partial charge in [0.1, 0.15) is 5.82 Å². The Morgan fingerprint density at radius 3 is 2.81 bits per heavy atom. The summed E-state index contributed by atoms with van der Waals surface area (Å²) in [5.74, 6) is -0.308. The number of hydrogen-bond acceptors (Lipinski definition) is 3. The van der Waals surface area contributed by atoms with Crippen LogP contribution in [0.15, 0.2) is 24.3 Å². The van der Waals surface area contributed by atoms with Crippen LogP contribution in [0, 0.1) is 5.82 Å². The highest BCUT2D eigenvalue weighted by Crippen LogP contribution is 2.27. The molecule has 0 aromatic heterocycles. The van der Waals surface area contributed by atoms with E-state index in [0.29, 0.717) is 19.6 Å². The molecule has 1 saturated heterocycles. The molecular weight excluding hydrogens is 275 g/mol. The van der Waals surface area contributed by atoms with E-state index in [4.69, 9.17) is 9.84 Å². The maximum absolute atomic E-state index is 13.0. The predicted molar refractivity (Wildman–Crippen MR) is 76.4 cm³/mol. The standard InChI is InChI=1S/C15H21FN2O3/c16-12-6-4-11(5-7-12)14(13-3-1-10-21-13)18-15(20)17-8-2-9-19/h4-7,13-14,19H,1-3,8-10H2,(H2,17,18,20)/t13-,14-/m1/s1. The normalized spacial score (nSPS) is 19.2. The molecule has 0 bridgehead atoms. The molecule has 2 atom stereocenters. The van der Waals surface area contributed by atoms with Crippen LogP contribution < -0.4 is 10.6 Å². The molecule has 0 saturated carbocycles. The number of nitrogens with one attached hydrogen (secondary N) is 2. The van der Waals surface area contributed by atoms with E-state index in [-0.39, 0.29) is 30.6 Å². The van der Waals surface area contributed by atoms with Crippen molar-refractivity contribution in [3.63, 3.8) is 0 Å². The Morgan fingerprint density at radius 2 is 2.19 bits per heavy atom. The van der Waals surface area contributed by atoms with E-state index in [2.05, 4.69) is 10.6 Å². The third kappa shape index (κ3) is 4.68. The zero-order valence-electron chi connectivity index (χ0n) is 11.8. The average Bonchev–Trinajstić information content (AvgIpc) is 3.00. The minimum absolute atomic E-state index is 0.0351. The number of halogens is 1. The Labute approximate surface area is 123 Å². The molecule has 1 fully saturated rings. The second-order valence-corrected chi connectivity index (χ2v) is 5.06. The highest BCUT2D eigenvalue weighted by atomic mass is 19.1. The number of aliphatic hydroxyl groups excluding tert-OH is 1. The van der Waals surface area contributed by atoms with Gasteiger partial charge in [0.2, 0.25) is 0 Å². The summed E-state index contributed by atoms with van der Waals surface area (Å²) in [5.41, 5.74) is 0.820. The van der Waals surface area contributed by atoms with Crippen LogP contribution in [0.2, 0.25) is 0 Å². The van der Waals surface area contributed by atoms with Crippen molar-refractivity contribution in [1.82, 2.24) is 10.6 Å². The third-order valence-electron chi connectivity index (χ3n) is 3.47. The Kier molecular flexibility index (Phi) is 5.95. The van der Waals surface area contributed by atoms with Crippen molar-refractivity contribution in [2.75, 3.05) is 19.8 Å². The van der Waals surface area contributed by atoms with Gasteiger partial charge in [0, 0.05) is 19.8 Å². The maximum atomic E-state index is 13.0. The lowest BCUT2D eigenvalue weighted by molar-refractivity contribution is 0.0807. The summed E-state index contributed by atoms with van der Waals surface area (Å²) in [4.78, 5) is 11.9.